The standard InChI is InChI=1S/C10H12N2S2/c1-5-2-6(5)9-11-8-4-14-3-7(8)10(13)12-9/h5-6H,2-4H2,1H3,(H,11,12,13). The zero-order chi connectivity index (χ0) is 9.71. The van der Waals surface area contributed by atoms with Gasteiger partial charge in [0.15, 0.2) is 0 Å². The molecule has 0 radical (unpaired) electrons. The normalized spacial score (nSPS) is 28.9. The van der Waals surface area contributed by atoms with Crippen LogP contribution in [0.25, 0.3) is 0 Å². The van der Waals surface area contributed by atoms with E-state index in [1.807, 2.05) is 11.8 Å². The Kier molecular flexibility index (Phi) is 1.96. The van der Waals surface area contributed by atoms with Gasteiger partial charge in [-0.05, 0) is 12.3 Å². The van der Waals surface area contributed by atoms with Gasteiger partial charge in [-0.15, -0.1) is 0 Å². The number of nitrogens with one attached hydrogen (secondary N) is 1. The predicted molar refractivity (Wildman–Crippen MR) is 60.9 cm³/mol. The van der Waals surface area contributed by atoms with E-state index in [-0.39, 0.29) is 0 Å². The summed E-state index contributed by atoms with van der Waals surface area (Å²) in [5.74, 6) is 4.69. The van der Waals surface area contributed by atoms with Crippen LogP contribution in [0.4, 0.5) is 0 Å². The van der Waals surface area contributed by atoms with Crippen molar-refractivity contribution >= 4 is 24.0 Å². The number of hydrogen-bond acceptors (Lipinski definition) is 3. The number of fused-ring (bicyclic) bond motifs is 1. The molecule has 3 rings (SSSR count). The highest BCUT2D eigenvalue weighted by molar-refractivity contribution is 7.98. The van der Waals surface area contributed by atoms with Gasteiger partial charge < -0.3 is 4.98 Å². The van der Waals surface area contributed by atoms with E-state index in [1.165, 1.54) is 17.7 Å². The molecule has 2 atom stereocenters. The van der Waals surface area contributed by atoms with Gasteiger partial charge in [-0.1, -0.05) is 19.1 Å². The molecule has 2 unspecified atom stereocenters. The molecule has 1 saturated carbocycles. The summed E-state index contributed by atoms with van der Waals surface area (Å²) >= 11 is 7.23. The Balaban J connectivity index is 2.08. The second-order valence-electron chi connectivity index (χ2n) is 4.20. The number of thioether (sulfide) groups is 1. The highest BCUT2D eigenvalue weighted by Crippen LogP contribution is 2.45. The Labute approximate surface area is 92.5 Å². The highest BCUT2D eigenvalue weighted by atomic mass is 32.2. The lowest BCUT2D eigenvalue weighted by Gasteiger charge is -2.03. The Bertz CT molecular complexity index is 438. The summed E-state index contributed by atoms with van der Waals surface area (Å²) in [5.41, 5.74) is 2.59. The fourth-order valence-corrected chi connectivity index (χ4v) is 3.42. The topological polar surface area (TPSA) is 28.7 Å². The lowest BCUT2D eigenvalue weighted by Crippen LogP contribution is -2.00. The number of nitrogens with zero attached hydrogens (tertiary/aromatic N) is 1. The summed E-state index contributed by atoms with van der Waals surface area (Å²) in [4.78, 5) is 7.96. The summed E-state index contributed by atoms with van der Waals surface area (Å²) in [5, 5.41) is 0. The maximum Gasteiger partial charge on any atom is 0.134 e. The molecule has 0 amide bonds. The fourth-order valence-electron chi connectivity index (χ4n) is 1.97. The van der Waals surface area contributed by atoms with E-state index in [0.29, 0.717) is 5.92 Å². The first-order valence-electron chi connectivity index (χ1n) is 4.95. The van der Waals surface area contributed by atoms with Crippen molar-refractivity contribution in [2.45, 2.75) is 30.8 Å². The van der Waals surface area contributed by atoms with Crippen molar-refractivity contribution in [1.29, 1.82) is 0 Å². The van der Waals surface area contributed by atoms with Crippen LogP contribution in [0.15, 0.2) is 0 Å². The molecule has 1 N–H and O–H groups in total. The van der Waals surface area contributed by atoms with Gasteiger partial charge >= 0.3 is 0 Å². The van der Waals surface area contributed by atoms with Crippen molar-refractivity contribution in [2.75, 3.05) is 0 Å². The van der Waals surface area contributed by atoms with Crippen LogP contribution in [-0.4, -0.2) is 9.97 Å². The Hall–Kier alpha value is -0.350. The molecule has 0 spiro atoms. The van der Waals surface area contributed by atoms with Crippen molar-refractivity contribution in [3.8, 4) is 0 Å². The minimum absolute atomic E-state index is 0.646. The molecule has 1 aromatic rings. The van der Waals surface area contributed by atoms with E-state index in [2.05, 4.69) is 16.9 Å². The van der Waals surface area contributed by atoms with Gasteiger partial charge in [0.2, 0.25) is 0 Å². The van der Waals surface area contributed by atoms with Crippen LogP contribution in [0.5, 0.6) is 0 Å². The third-order valence-electron chi connectivity index (χ3n) is 3.08. The first-order chi connectivity index (χ1) is 6.75. The van der Waals surface area contributed by atoms with Crippen LogP contribution in [0.3, 0.4) is 0 Å². The molecule has 2 nitrogen and oxygen atoms in total. The first-order valence-corrected chi connectivity index (χ1v) is 6.51. The molecule has 0 aromatic carbocycles. The number of rotatable bonds is 1. The number of hydrogen-bond donors (Lipinski definition) is 1. The van der Waals surface area contributed by atoms with E-state index < -0.39 is 0 Å². The SMILES string of the molecule is CC1CC1c1nc(=S)c2c([nH]1)CSC2. The van der Waals surface area contributed by atoms with Crippen LogP contribution in [-0.2, 0) is 11.5 Å². The summed E-state index contributed by atoms with van der Waals surface area (Å²) in [6.07, 6.45) is 1.27. The van der Waals surface area contributed by atoms with Crippen molar-refractivity contribution in [3.63, 3.8) is 0 Å². The van der Waals surface area contributed by atoms with Gasteiger partial charge in [0.25, 0.3) is 0 Å². The van der Waals surface area contributed by atoms with Crippen LogP contribution >= 0.6 is 24.0 Å². The molecule has 0 saturated heterocycles. The van der Waals surface area contributed by atoms with Crippen molar-refractivity contribution in [3.05, 3.63) is 21.7 Å². The van der Waals surface area contributed by atoms with Crippen molar-refractivity contribution < 1.29 is 0 Å². The lowest BCUT2D eigenvalue weighted by atomic mass is 10.2. The van der Waals surface area contributed by atoms with Gasteiger partial charge in [-0.25, -0.2) is 4.98 Å². The van der Waals surface area contributed by atoms with E-state index in [4.69, 9.17) is 12.2 Å². The molecule has 1 aromatic heterocycles. The van der Waals surface area contributed by atoms with Gasteiger partial charge in [0.05, 0.1) is 0 Å². The largest absolute Gasteiger partial charge is 0.346 e. The minimum Gasteiger partial charge on any atom is -0.346 e. The maximum absolute atomic E-state index is 5.31. The third kappa shape index (κ3) is 1.32. The Morgan fingerprint density at radius 2 is 2.29 bits per heavy atom. The van der Waals surface area contributed by atoms with Crippen molar-refractivity contribution in [2.24, 2.45) is 5.92 Å². The second kappa shape index (κ2) is 3.07. The fraction of sp³-hybridized carbons (Fsp3) is 0.600. The molecule has 1 aliphatic heterocycles. The summed E-state index contributed by atoms with van der Waals surface area (Å²) in [6, 6.07) is 0. The zero-order valence-corrected chi connectivity index (χ0v) is 9.67. The average molecular weight is 224 g/mol. The van der Waals surface area contributed by atoms with E-state index >= 15 is 0 Å². The minimum atomic E-state index is 0.646. The number of aromatic amines is 1. The highest BCUT2D eigenvalue weighted by Gasteiger charge is 2.36. The van der Waals surface area contributed by atoms with E-state index in [9.17, 15) is 0 Å². The lowest BCUT2D eigenvalue weighted by molar-refractivity contribution is 0.823. The molecule has 14 heavy (non-hydrogen) atoms. The van der Waals surface area contributed by atoms with Gasteiger partial charge in [-0.2, -0.15) is 11.8 Å². The Morgan fingerprint density at radius 1 is 1.50 bits per heavy atom. The van der Waals surface area contributed by atoms with Crippen LogP contribution in [0, 0.1) is 10.6 Å². The molecular weight excluding hydrogens is 212 g/mol. The molecule has 0 bridgehead atoms. The monoisotopic (exact) mass is 224 g/mol. The second-order valence-corrected chi connectivity index (χ2v) is 5.57. The average Bonchev–Trinajstić information content (AvgIpc) is 2.71. The smallest absolute Gasteiger partial charge is 0.134 e. The maximum atomic E-state index is 5.31. The quantitative estimate of drug-likeness (QED) is 0.743. The van der Waals surface area contributed by atoms with E-state index in [0.717, 1.165) is 27.9 Å². The zero-order valence-electron chi connectivity index (χ0n) is 8.04. The van der Waals surface area contributed by atoms with Gasteiger partial charge in [0, 0.05) is 28.7 Å². The number of aromatic nitrogens is 2. The van der Waals surface area contributed by atoms with Crippen molar-refractivity contribution in [1.82, 2.24) is 9.97 Å². The van der Waals surface area contributed by atoms with E-state index in [1.54, 1.807) is 0 Å². The molecule has 2 heterocycles. The van der Waals surface area contributed by atoms with Gasteiger partial charge in [0.1, 0.15) is 10.5 Å². The molecule has 2 aliphatic rings. The third-order valence-corrected chi connectivity index (χ3v) is 4.40. The van der Waals surface area contributed by atoms with Crippen LogP contribution < -0.4 is 0 Å². The molecule has 1 aliphatic carbocycles. The Morgan fingerprint density at radius 3 is 3.00 bits per heavy atom. The first kappa shape index (κ1) is 8.92. The summed E-state index contributed by atoms with van der Waals surface area (Å²) < 4.78 is 0.831. The number of H-pyrrole nitrogens is 1. The molecular formula is C10H12N2S2. The molecule has 74 valence electrons. The van der Waals surface area contributed by atoms with Crippen LogP contribution in [0.2, 0.25) is 0 Å². The molecule has 4 heteroatoms. The predicted octanol–water partition coefficient (Wildman–Crippen LogP) is 3.01. The molecule has 1 fully saturated rings. The van der Waals surface area contributed by atoms with Crippen LogP contribution in [0.1, 0.15) is 36.3 Å². The summed E-state index contributed by atoms with van der Waals surface area (Å²) in [6.45, 7) is 2.27. The summed E-state index contributed by atoms with van der Waals surface area (Å²) in [7, 11) is 0. The van der Waals surface area contributed by atoms with Gasteiger partial charge in [-0.3, -0.25) is 0 Å².